The number of fused-ring (bicyclic) bond motifs is 1. The predicted molar refractivity (Wildman–Crippen MR) is 107 cm³/mol. The maximum absolute atomic E-state index is 12.5. The van der Waals surface area contributed by atoms with E-state index in [4.69, 9.17) is 25.8 Å². The third-order valence-electron chi connectivity index (χ3n) is 5.95. The van der Waals surface area contributed by atoms with Crippen LogP contribution in [-0.4, -0.2) is 48.4 Å². The fraction of sp³-hybridized carbons (Fsp3) is 0.667. The zero-order valence-corrected chi connectivity index (χ0v) is 17.4. The van der Waals surface area contributed by atoms with Crippen LogP contribution in [0.25, 0.3) is 0 Å². The molecule has 0 spiro atoms. The van der Waals surface area contributed by atoms with Gasteiger partial charge in [0.1, 0.15) is 0 Å². The molecule has 0 aromatic heterocycles. The van der Waals surface area contributed by atoms with Gasteiger partial charge >= 0.3 is 0 Å². The van der Waals surface area contributed by atoms with Gasteiger partial charge in [-0.1, -0.05) is 11.6 Å². The summed E-state index contributed by atoms with van der Waals surface area (Å²) in [6.07, 6.45) is 4.41. The van der Waals surface area contributed by atoms with E-state index in [2.05, 4.69) is 24.1 Å². The lowest BCUT2D eigenvalue weighted by Crippen LogP contribution is -2.49. The maximum Gasteiger partial charge on any atom is 0.231 e. The summed E-state index contributed by atoms with van der Waals surface area (Å²) in [6.45, 7) is 6.72. The van der Waals surface area contributed by atoms with E-state index >= 15 is 0 Å². The van der Waals surface area contributed by atoms with Gasteiger partial charge in [-0.15, -0.1) is 0 Å². The number of nitrogens with one attached hydrogen (secondary N) is 1. The van der Waals surface area contributed by atoms with Gasteiger partial charge in [-0.25, -0.2) is 0 Å². The number of carbonyl (C=O) groups excluding carboxylic acids is 1. The van der Waals surface area contributed by atoms with Crippen LogP contribution < -0.4 is 14.8 Å². The topological polar surface area (TPSA) is 60.0 Å². The second-order valence-corrected chi connectivity index (χ2v) is 8.92. The Morgan fingerprint density at radius 3 is 2.82 bits per heavy atom. The Hall–Kier alpha value is -1.50. The Kier molecular flexibility index (Phi) is 5.72. The Morgan fingerprint density at radius 2 is 2.04 bits per heavy atom. The van der Waals surface area contributed by atoms with Gasteiger partial charge in [0, 0.05) is 42.7 Å². The highest BCUT2D eigenvalue weighted by Crippen LogP contribution is 2.37. The molecule has 0 aliphatic carbocycles. The number of nitrogens with zero attached hydrogens (tertiary/aromatic N) is 1. The minimum Gasteiger partial charge on any atom is -0.454 e. The van der Waals surface area contributed by atoms with Crippen molar-refractivity contribution in [2.45, 2.75) is 70.2 Å². The van der Waals surface area contributed by atoms with Crippen molar-refractivity contribution >= 4 is 17.5 Å². The van der Waals surface area contributed by atoms with Gasteiger partial charge in [0.15, 0.2) is 11.5 Å². The first kappa shape index (κ1) is 19.8. The van der Waals surface area contributed by atoms with Crippen LogP contribution in [0.1, 0.15) is 51.5 Å². The molecule has 2 atom stereocenters. The van der Waals surface area contributed by atoms with Gasteiger partial charge in [-0.2, -0.15) is 0 Å². The third-order valence-corrected chi connectivity index (χ3v) is 6.30. The van der Waals surface area contributed by atoms with Crippen molar-refractivity contribution in [1.82, 2.24) is 10.2 Å². The van der Waals surface area contributed by atoms with Crippen LogP contribution in [0.3, 0.4) is 0 Å². The fourth-order valence-electron chi connectivity index (χ4n) is 4.57. The van der Waals surface area contributed by atoms with E-state index in [0.717, 1.165) is 50.1 Å². The van der Waals surface area contributed by atoms with Gasteiger partial charge in [0.25, 0.3) is 0 Å². The summed E-state index contributed by atoms with van der Waals surface area (Å²) in [5, 5.41) is 4.15. The van der Waals surface area contributed by atoms with Crippen molar-refractivity contribution < 1.29 is 19.0 Å². The molecule has 3 heterocycles. The molecule has 6 nitrogen and oxygen atoms in total. The lowest BCUT2D eigenvalue weighted by molar-refractivity contribution is -0.138. The van der Waals surface area contributed by atoms with E-state index in [-0.39, 0.29) is 12.4 Å². The highest BCUT2D eigenvalue weighted by molar-refractivity contribution is 6.31. The maximum atomic E-state index is 12.5. The number of halogens is 1. The summed E-state index contributed by atoms with van der Waals surface area (Å²) < 4.78 is 16.6. The molecule has 7 heteroatoms. The summed E-state index contributed by atoms with van der Waals surface area (Å²) in [5.41, 5.74) is 0.849. The molecule has 2 saturated heterocycles. The minimum absolute atomic E-state index is 0.148. The van der Waals surface area contributed by atoms with Crippen LogP contribution >= 0.6 is 11.6 Å². The molecule has 2 fully saturated rings. The molecule has 0 bridgehead atoms. The van der Waals surface area contributed by atoms with E-state index in [1.54, 1.807) is 0 Å². The lowest BCUT2D eigenvalue weighted by atomic mass is 9.92. The second-order valence-electron chi connectivity index (χ2n) is 8.51. The molecule has 0 saturated carbocycles. The van der Waals surface area contributed by atoms with Gasteiger partial charge < -0.3 is 24.4 Å². The smallest absolute Gasteiger partial charge is 0.231 e. The lowest BCUT2D eigenvalue weighted by Gasteiger charge is -2.42. The molecule has 3 aliphatic heterocycles. The van der Waals surface area contributed by atoms with Crippen molar-refractivity contribution in [1.29, 1.82) is 0 Å². The molecule has 3 aliphatic rings. The van der Waals surface area contributed by atoms with Crippen molar-refractivity contribution in [3.8, 4) is 11.5 Å². The van der Waals surface area contributed by atoms with Gasteiger partial charge in [0.2, 0.25) is 12.7 Å². The second kappa shape index (κ2) is 8.09. The quantitative estimate of drug-likeness (QED) is 0.730. The summed E-state index contributed by atoms with van der Waals surface area (Å²) in [6, 6.07) is 4.36. The van der Waals surface area contributed by atoms with Crippen molar-refractivity contribution in [3.05, 3.63) is 22.7 Å². The van der Waals surface area contributed by atoms with Gasteiger partial charge in [-0.3, -0.25) is 4.79 Å². The molecule has 1 aromatic carbocycles. The molecular formula is C21H29ClN2O4. The van der Waals surface area contributed by atoms with Crippen LogP contribution in [0.15, 0.2) is 12.1 Å². The highest BCUT2D eigenvalue weighted by atomic mass is 35.5. The first-order valence-electron chi connectivity index (χ1n) is 10.2. The Balaban J connectivity index is 1.30. The Bertz CT molecular complexity index is 739. The number of benzene rings is 1. The number of ether oxygens (including phenoxy) is 3. The van der Waals surface area contributed by atoms with Crippen LogP contribution in [0.4, 0.5) is 0 Å². The molecule has 0 radical (unpaired) electrons. The first-order valence-corrected chi connectivity index (χ1v) is 10.5. The van der Waals surface area contributed by atoms with Crippen molar-refractivity contribution in [2.75, 3.05) is 19.9 Å². The van der Waals surface area contributed by atoms with Crippen LogP contribution in [-0.2, 0) is 16.1 Å². The minimum atomic E-state index is -0.148. The monoisotopic (exact) mass is 408 g/mol. The van der Waals surface area contributed by atoms with Gasteiger partial charge in [-0.05, 0) is 57.7 Å². The third kappa shape index (κ3) is 4.24. The molecule has 0 unspecified atom stereocenters. The fourth-order valence-corrected chi connectivity index (χ4v) is 4.79. The zero-order chi connectivity index (χ0) is 19.7. The molecule has 1 amide bonds. The van der Waals surface area contributed by atoms with Crippen LogP contribution in [0.5, 0.6) is 11.5 Å². The Labute approximate surface area is 171 Å². The average molecular weight is 409 g/mol. The number of likely N-dealkylation sites (tertiary alicyclic amines) is 1. The molecule has 154 valence electrons. The largest absolute Gasteiger partial charge is 0.454 e. The summed E-state index contributed by atoms with van der Waals surface area (Å²) in [7, 11) is 0. The number of carbonyl (C=O) groups is 1. The van der Waals surface area contributed by atoms with Crippen molar-refractivity contribution in [3.63, 3.8) is 0 Å². The molecule has 4 rings (SSSR count). The standard InChI is InChI=1S/C21H29ClN2O4/c1-21(2)11-16(6-8-28-21)24-15(3-4-20(24)25)5-7-23-12-14-9-18-19(10-17(14)22)27-13-26-18/h9-10,15-16,23H,3-8,11-13H2,1-2H3/t15-,16+/m0/s1. The molecule has 28 heavy (non-hydrogen) atoms. The Morgan fingerprint density at radius 1 is 1.25 bits per heavy atom. The summed E-state index contributed by atoms with van der Waals surface area (Å²) in [5.74, 6) is 1.75. The summed E-state index contributed by atoms with van der Waals surface area (Å²) >= 11 is 6.34. The van der Waals surface area contributed by atoms with E-state index < -0.39 is 0 Å². The molecule has 1 N–H and O–H groups in total. The van der Waals surface area contributed by atoms with Gasteiger partial charge in [0.05, 0.1) is 5.60 Å². The predicted octanol–water partition coefficient (Wildman–Crippen LogP) is 3.50. The number of rotatable bonds is 6. The zero-order valence-electron chi connectivity index (χ0n) is 16.6. The summed E-state index contributed by atoms with van der Waals surface area (Å²) in [4.78, 5) is 14.7. The SMILES string of the molecule is CC1(C)C[C@H](N2C(=O)CC[C@H]2CCNCc2cc3c(cc2Cl)OCO3)CCO1. The highest BCUT2D eigenvalue weighted by Gasteiger charge is 2.40. The number of hydrogen-bond donors (Lipinski definition) is 1. The normalized spacial score (nSPS) is 26.1. The van der Waals surface area contributed by atoms with Crippen LogP contribution in [0.2, 0.25) is 5.02 Å². The van der Waals surface area contributed by atoms with E-state index in [1.807, 2.05) is 12.1 Å². The number of hydrogen-bond acceptors (Lipinski definition) is 5. The molecular weight excluding hydrogens is 380 g/mol. The van der Waals surface area contributed by atoms with E-state index in [9.17, 15) is 4.79 Å². The average Bonchev–Trinajstić information content (AvgIpc) is 3.23. The van der Waals surface area contributed by atoms with Crippen molar-refractivity contribution in [2.24, 2.45) is 0 Å². The van der Waals surface area contributed by atoms with Crippen LogP contribution in [0, 0.1) is 0 Å². The number of amides is 1. The van der Waals surface area contributed by atoms with E-state index in [1.165, 1.54) is 0 Å². The first-order chi connectivity index (χ1) is 13.4. The van der Waals surface area contributed by atoms with E-state index in [0.29, 0.717) is 41.7 Å². The molecule has 1 aromatic rings.